The summed E-state index contributed by atoms with van der Waals surface area (Å²) < 4.78 is 0. The SMILES string of the molecule is CC1(C)CC[C@]2(C)CC[C@]3(C)C(=CC[C@@H]4[C@]5(C)CCC(=O)C(C)(C)[C@@H]5CC[C@]43C)[C@H]2C1. The topological polar surface area (TPSA) is 17.1 Å². The molecule has 5 aliphatic carbocycles. The summed E-state index contributed by atoms with van der Waals surface area (Å²) in [5.74, 6) is 2.58. The van der Waals surface area contributed by atoms with Crippen LogP contribution in [-0.2, 0) is 4.79 Å². The molecule has 0 unspecified atom stereocenters. The average molecular weight is 425 g/mol. The average Bonchev–Trinajstić information content (AvgIpc) is 2.67. The first-order chi connectivity index (χ1) is 14.2. The molecule has 31 heavy (non-hydrogen) atoms. The Balaban J connectivity index is 1.58. The maximum Gasteiger partial charge on any atom is 0.138 e. The molecule has 4 fully saturated rings. The summed E-state index contributed by atoms with van der Waals surface area (Å²) >= 11 is 0. The number of hydrogen-bond acceptors (Lipinski definition) is 1. The fourth-order valence-corrected chi connectivity index (χ4v) is 10.3. The standard InChI is InChI=1S/C30H48O/c1-25(2)15-16-27(5)17-18-29(7)20(21(27)19-25)9-10-23-28(6)13-12-24(31)26(3,4)22(28)11-14-30(23,29)8/h9,21-23H,10-19H2,1-8H3/t21-,22+,23-,27-,28-,29-,30-/m1/s1. The summed E-state index contributed by atoms with van der Waals surface area (Å²) in [6.45, 7) is 20.1. The minimum Gasteiger partial charge on any atom is -0.299 e. The Morgan fingerprint density at radius 2 is 1.48 bits per heavy atom. The van der Waals surface area contributed by atoms with Crippen LogP contribution in [0.5, 0.6) is 0 Å². The van der Waals surface area contributed by atoms with E-state index in [9.17, 15) is 4.79 Å². The first-order valence-electron chi connectivity index (χ1n) is 13.4. The summed E-state index contributed by atoms with van der Waals surface area (Å²) in [6, 6.07) is 0. The minimum absolute atomic E-state index is 0.141. The Kier molecular flexibility index (Phi) is 4.51. The van der Waals surface area contributed by atoms with Crippen molar-refractivity contribution >= 4 is 5.78 Å². The highest BCUT2D eigenvalue weighted by molar-refractivity contribution is 5.85. The lowest BCUT2D eigenvalue weighted by Gasteiger charge is -2.70. The third-order valence-electron chi connectivity index (χ3n) is 12.8. The first-order valence-corrected chi connectivity index (χ1v) is 13.4. The van der Waals surface area contributed by atoms with Crippen LogP contribution in [0.4, 0.5) is 0 Å². The molecular formula is C30H48O. The third-order valence-corrected chi connectivity index (χ3v) is 12.8. The highest BCUT2D eigenvalue weighted by atomic mass is 16.1. The van der Waals surface area contributed by atoms with Crippen molar-refractivity contribution in [1.29, 1.82) is 0 Å². The number of Topliss-reactive ketones (excluding diaryl/α,β-unsaturated/α-hetero) is 1. The number of allylic oxidation sites excluding steroid dienone is 2. The normalized spacial score (nSPS) is 52.8. The molecule has 7 atom stereocenters. The molecular weight excluding hydrogens is 376 g/mol. The van der Waals surface area contributed by atoms with Crippen LogP contribution in [0.1, 0.15) is 120 Å². The molecule has 1 heteroatoms. The molecule has 0 amide bonds. The maximum atomic E-state index is 12.9. The zero-order valence-corrected chi connectivity index (χ0v) is 21.8. The Morgan fingerprint density at radius 1 is 0.806 bits per heavy atom. The van der Waals surface area contributed by atoms with Gasteiger partial charge in [-0.05, 0) is 103 Å². The summed E-state index contributed by atoms with van der Waals surface area (Å²) in [5.41, 5.74) is 3.75. The lowest BCUT2D eigenvalue weighted by atomic mass is 9.34. The fourth-order valence-electron chi connectivity index (χ4n) is 10.3. The van der Waals surface area contributed by atoms with Crippen LogP contribution in [0, 0.1) is 50.2 Å². The van der Waals surface area contributed by atoms with Gasteiger partial charge < -0.3 is 0 Å². The van der Waals surface area contributed by atoms with Gasteiger partial charge in [0.05, 0.1) is 0 Å². The van der Waals surface area contributed by atoms with E-state index < -0.39 is 0 Å². The van der Waals surface area contributed by atoms with Crippen LogP contribution in [0.15, 0.2) is 11.6 Å². The van der Waals surface area contributed by atoms with E-state index in [4.69, 9.17) is 0 Å². The molecule has 0 heterocycles. The monoisotopic (exact) mass is 424 g/mol. The summed E-state index contributed by atoms with van der Waals surface area (Å²) in [7, 11) is 0. The van der Waals surface area contributed by atoms with Crippen molar-refractivity contribution in [1.82, 2.24) is 0 Å². The molecule has 0 N–H and O–H groups in total. The van der Waals surface area contributed by atoms with Gasteiger partial charge in [-0.2, -0.15) is 0 Å². The van der Waals surface area contributed by atoms with Gasteiger partial charge in [0, 0.05) is 11.8 Å². The molecule has 0 aliphatic heterocycles. The molecule has 4 saturated carbocycles. The molecule has 0 aromatic carbocycles. The molecule has 0 spiro atoms. The third kappa shape index (κ3) is 2.70. The van der Waals surface area contributed by atoms with E-state index in [0.29, 0.717) is 38.8 Å². The first kappa shape index (κ1) is 22.2. The lowest BCUT2D eigenvalue weighted by Crippen LogP contribution is -2.64. The van der Waals surface area contributed by atoms with Crippen molar-refractivity contribution in [3.05, 3.63) is 11.6 Å². The fraction of sp³-hybridized carbons (Fsp3) is 0.900. The molecule has 0 aromatic heterocycles. The van der Waals surface area contributed by atoms with Gasteiger partial charge >= 0.3 is 0 Å². The van der Waals surface area contributed by atoms with Crippen molar-refractivity contribution in [2.24, 2.45) is 50.2 Å². The van der Waals surface area contributed by atoms with Crippen LogP contribution in [0.25, 0.3) is 0 Å². The minimum atomic E-state index is -0.141. The zero-order valence-electron chi connectivity index (χ0n) is 21.8. The van der Waals surface area contributed by atoms with E-state index in [0.717, 1.165) is 24.7 Å². The molecule has 5 aliphatic rings. The second-order valence-electron chi connectivity index (χ2n) is 15.0. The van der Waals surface area contributed by atoms with Crippen molar-refractivity contribution < 1.29 is 4.79 Å². The molecule has 0 saturated heterocycles. The van der Waals surface area contributed by atoms with Crippen molar-refractivity contribution in [3.63, 3.8) is 0 Å². The molecule has 174 valence electrons. The molecule has 5 rings (SSSR count). The molecule has 1 nitrogen and oxygen atoms in total. The van der Waals surface area contributed by atoms with Gasteiger partial charge in [0.15, 0.2) is 0 Å². The Bertz CT molecular complexity index is 831. The maximum absolute atomic E-state index is 12.9. The van der Waals surface area contributed by atoms with E-state index in [1.54, 1.807) is 0 Å². The second-order valence-corrected chi connectivity index (χ2v) is 15.0. The van der Waals surface area contributed by atoms with Gasteiger partial charge in [-0.3, -0.25) is 4.79 Å². The van der Waals surface area contributed by atoms with E-state index in [1.165, 1.54) is 51.4 Å². The number of hydrogen-bond donors (Lipinski definition) is 0. The summed E-state index contributed by atoms with van der Waals surface area (Å²) in [6.07, 6.45) is 15.5. The largest absolute Gasteiger partial charge is 0.299 e. The van der Waals surface area contributed by atoms with Crippen LogP contribution >= 0.6 is 0 Å². The van der Waals surface area contributed by atoms with Crippen LogP contribution in [0.2, 0.25) is 0 Å². The van der Waals surface area contributed by atoms with Crippen LogP contribution in [-0.4, -0.2) is 5.78 Å². The van der Waals surface area contributed by atoms with Crippen LogP contribution in [0.3, 0.4) is 0 Å². The predicted octanol–water partition coefficient (Wildman–Crippen LogP) is 8.38. The number of ketones is 1. The molecule has 0 aromatic rings. The second kappa shape index (κ2) is 6.29. The Hall–Kier alpha value is -0.590. The van der Waals surface area contributed by atoms with E-state index in [1.807, 2.05) is 5.57 Å². The Morgan fingerprint density at radius 3 is 2.19 bits per heavy atom. The molecule has 0 radical (unpaired) electrons. The number of carbonyl (C=O) groups is 1. The smallest absolute Gasteiger partial charge is 0.138 e. The van der Waals surface area contributed by atoms with Gasteiger partial charge in [0.2, 0.25) is 0 Å². The highest BCUT2D eigenvalue weighted by Crippen LogP contribution is 2.75. The Labute approximate surface area is 192 Å². The van der Waals surface area contributed by atoms with Crippen molar-refractivity contribution in [2.45, 2.75) is 120 Å². The number of fused-ring (bicyclic) bond motifs is 7. The summed E-state index contributed by atoms with van der Waals surface area (Å²) in [5, 5.41) is 0. The van der Waals surface area contributed by atoms with Gasteiger partial charge in [-0.1, -0.05) is 67.0 Å². The quantitative estimate of drug-likeness (QED) is 0.357. The van der Waals surface area contributed by atoms with E-state index in [-0.39, 0.29) is 5.41 Å². The predicted molar refractivity (Wildman–Crippen MR) is 130 cm³/mol. The van der Waals surface area contributed by atoms with E-state index >= 15 is 0 Å². The number of rotatable bonds is 0. The van der Waals surface area contributed by atoms with E-state index in [2.05, 4.69) is 61.5 Å². The van der Waals surface area contributed by atoms with Crippen molar-refractivity contribution in [3.8, 4) is 0 Å². The highest BCUT2D eigenvalue weighted by Gasteiger charge is 2.67. The van der Waals surface area contributed by atoms with Gasteiger partial charge in [-0.25, -0.2) is 0 Å². The zero-order chi connectivity index (χ0) is 22.7. The van der Waals surface area contributed by atoms with Gasteiger partial charge in [0.1, 0.15) is 5.78 Å². The van der Waals surface area contributed by atoms with Crippen LogP contribution < -0.4 is 0 Å². The molecule has 0 bridgehead atoms. The van der Waals surface area contributed by atoms with Gasteiger partial charge in [-0.15, -0.1) is 0 Å². The lowest BCUT2D eigenvalue weighted by molar-refractivity contribution is -0.184. The number of carbonyl (C=O) groups excluding carboxylic acids is 1. The van der Waals surface area contributed by atoms with Crippen molar-refractivity contribution in [2.75, 3.05) is 0 Å². The summed E-state index contributed by atoms with van der Waals surface area (Å²) in [4.78, 5) is 12.9. The van der Waals surface area contributed by atoms with Gasteiger partial charge in [0.25, 0.3) is 0 Å².